The zero-order valence-corrected chi connectivity index (χ0v) is 11.7. The molecule has 106 valence electrons. The van der Waals surface area contributed by atoms with Crippen LogP contribution >= 0.6 is 0 Å². The van der Waals surface area contributed by atoms with Crippen molar-refractivity contribution in [2.75, 3.05) is 13.6 Å². The number of likely N-dealkylation sites (N-methyl/N-ethyl adjacent to an activating group) is 1. The Bertz CT molecular complexity index is 556. The lowest BCUT2D eigenvalue weighted by Gasteiger charge is -2.36. The van der Waals surface area contributed by atoms with E-state index >= 15 is 0 Å². The molecule has 0 amide bonds. The third kappa shape index (κ3) is 2.50. The first kappa shape index (κ1) is 14.4. The van der Waals surface area contributed by atoms with Gasteiger partial charge in [0.05, 0.1) is 6.20 Å². The first-order valence-electron chi connectivity index (χ1n) is 6.22. The SMILES string of the molecule is CN(C1(CN)CCCC1)S(=O)(=O)c1cncc(F)c1. The molecule has 1 aliphatic carbocycles. The summed E-state index contributed by atoms with van der Waals surface area (Å²) >= 11 is 0. The lowest BCUT2D eigenvalue weighted by molar-refractivity contribution is 0.230. The predicted molar refractivity (Wildman–Crippen MR) is 69.4 cm³/mol. The Balaban J connectivity index is 2.39. The highest BCUT2D eigenvalue weighted by molar-refractivity contribution is 7.89. The van der Waals surface area contributed by atoms with Gasteiger partial charge in [0.1, 0.15) is 10.7 Å². The average molecular weight is 287 g/mol. The number of hydrogen-bond donors (Lipinski definition) is 1. The van der Waals surface area contributed by atoms with Crippen LogP contribution in [0.4, 0.5) is 4.39 Å². The summed E-state index contributed by atoms with van der Waals surface area (Å²) in [5, 5.41) is 0. The molecule has 0 spiro atoms. The van der Waals surface area contributed by atoms with Crippen molar-refractivity contribution in [3.63, 3.8) is 0 Å². The van der Waals surface area contributed by atoms with Crippen molar-refractivity contribution >= 4 is 10.0 Å². The highest BCUT2D eigenvalue weighted by Gasteiger charge is 2.42. The van der Waals surface area contributed by atoms with Crippen LogP contribution in [0.25, 0.3) is 0 Å². The maximum absolute atomic E-state index is 13.1. The molecule has 1 fully saturated rings. The van der Waals surface area contributed by atoms with Crippen molar-refractivity contribution in [2.24, 2.45) is 5.73 Å². The second-order valence-corrected chi connectivity index (χ2v) is 6.92. The number of nitrogens with zero attached hydrogens (tertiary/aromatic N) is 2. The van der Waals surface area contributed by atoms with Gasteiger partial charge >= 0.3 is 0 Å². The predicted octanol–water partition coefficient (Wildman–Crippen LogP) is 1.11. The molecule has 0 bridgehead atoms. The smallest absolute Gasteiger partial charge is 0.245 e. The minimum absolute atomic E-state index is 0.130. The van der Waals surface area contributed by atoms with E-state index in [1.165, 1.54) is 11.4 Å². The third-order valence-corrected chi connectivity index (χ3v) is 5.85. The molecule has 7 heteroatoms. The molecule has 1 heterocycles. The van der Waals surface area contributed by atoms with Crippen molar-refractivity contribution in [2.45, 2.75) is 36.1 Å². The summed E-state index contributed by atoms with van der Waals surface area (Å²) < 4.78 is 39.4. The van der Waals surface area contributed by atoms with E-state index in [1.807, 2.05) is 0 Å². The highest BCUT2D eigenvalue weighted by Crippen LogP contribution is 2.36. The number of rotatable bonds is 4. The number of sulfonamides is 1. The van der Waals surface area contributed by atoms with Crippen LogP contribution in [0.3, 0.4) is 0 Å². The lowest BCUT2D eigenvalue weighted by Crippen LogP contribution is -2.52. The largest absolute Gasteiger partial charge is 0.329 e. The molecule has 2 rings (SSSR count). The summed E-state index contributed by atoms with van der Waals surface area (Å²) in [6.07, 6.45) is 5.53. The van der Waals surface area contributed by atoms with Crippen LogP contribution < -0.4 is 5.73 Å². The number of aromatic nitrogens is 1. The Labute approximate surface area is 112 Å². The van der Waals surface area contributed by atoms with Gasteiger partial charge in [-0.3, -0.25) is 4.98 Å². The van der Waals surface area contributed by atoms with Crippen LogP contribution in [-0.2, 0) is 10.0 Å². The van der Waals surface area contributed by atoms with E-state index in [0.717, 1.165) is 44.1 Å². The molecular weight excluding hydrogens is 269 g/mol. The first-order valence-corrected chi connectivity index (χ1v) is 7.66. The molecule has 1 saturated carbocycles. The molecule has 19 heavy (non-hydrogen) atoms. The fourth-order valence-corrected chi connectivity index (χ4v) is 4.17. The first-order chi connectivity index (χ1) is 8.92. The monoisotopic (exact) mass is 287 g/mol. The molecule has 0 radical (unpaired) electrons. The van der Waals surface area contributed by atoms with E-state index in [1.54, 1.807) is 0 Å². The second kappa shape index (κ2) is 5.15. The Hall–Kier alpha value is -1.05. The Morgan fingerprint density at radius 2 is 2.05 bits per heavy atom. The molecule has 0 unspecified atom stereocenters. The van der Waals surface area contributed by atoms with Crippen LogP contribution in [0.1, 0.15) is 25.7 Å². The van der Waals surface area contributed by atoms with Crippen LogP contribution in [-0.4, -0.2) is 36.8 Å². The average Bonchev–Trinajstić information content (AvgIpc) is 2.87. The van der Waals surface area contributed by atoms with E-state index in [0.29, 0.717) is 0 Å². The number of pyridine rings is 1. The Morgan fingerprint density at radius 1 is 1.42 bits per heavy atom. The van der Waals surface area contributed by atoms with E-state index in [-0.39, 0.29) is 11.4 Å². The van der Waals surface area contributed by atoms with Crippen LogP contribution in [0.2, 0.25) is 0 Å². The van der Waals surface area contributed by atoms with E-state index in [2.05, 4.69) is 4.98 Å². The van der Waals surface area contributed by atoms with Crippen LogP contribution in [0.5, 0.6) is 0 Å². The lowest BCUT2D eigenvalue weighted by atomic mass is 9.98. The van der Waals surface area contributed by atoms with E-state index in [4.69, 9.17) is 5.73 Å². The van der Waals surface area contributed by atoms with Crippen molar-refractivity contribution in [3.05, 3.63) is 24.3 Å². The van der Waals surface area contributed by atoms with Gasteiger partial charge in [0, 0.05) is 25.3 Å². The summed E-state index contributed by atoms with van der Waals surface area (Å²) in [5.74, 6) is -0.664. The molecule has 5 nitrogen and oxygen atoms in total. The van der Waals surface area contributed by atoms with E-state index in [9.17, 15) is 12.8 Å². The molecule has 0 atom stereocenters. The molecule has 0 aliphatic heterocycles. The van der Waals surface area contributed by atoms with Gasteiger partial charge in [0.2, 0.25) is 10.0 Å². The number of halogens is 1. The standard InChI is InChI=1S/C12H18FN3O2S/c1-16(12(9-14)4-2-3-5-12)19(17,18)11-6-10(13)7-15-8-11/h6-8H,2-5,9,14H2,1H3. The van der Waals surface area contributed by atoms with Gasteiger partial charge in [-0.1, -0.05) is 12.8 Å². The van der Waals surface area contributed by atoms with Crippen molar-refractivity contribution in [1.29, 1.82) is 0 Å². The van der Waals surface area contributed by atoms with Crippen LogP contribution in [0.15, 0.2) is 23.4 Å². The Morgan fingerprint density at radius 3 is 2.58 bits per heavy atom. The summed E-state index contributed by atoms with van der Waals surface area (Å²) in [6, 6.07) is 0.984. The zero-order valence-electron chi connectivity index (χ0n) is 10.8. The van der Waals surface area contributed by atoms with Crippen molar-refractivity contribution in [1.82, 2.24) is 9.29 Å². The molecule has 0 saturated heterocycles. The summed E-state index contributed by atoms with van der Waals surface area (Å²) in [6.45, 7) is 0.269. The van der Waals surface area contributed by atoms with E-state index < -0.39 is 21.4 Å². The molecule has 1 aromatic rings. The molecule has 1 aromatic heterocycles. The summed E-state index contributed by atoms with van der Waals surface area (Å²) in [7, 11) is -2.25. The quantitative estimate of drug-likeness (QED) is 0.900. The molecule has 2 N–H and O–H groups in total. The van der Waals surface area contributed by atoms with Gasteiger partial charge in [0.15, 0.2) is 0 Å². The summed E-state index contributed by atoms with van der Waals surface area (Å²) in [5.41, 5.74) is 5.23. The highest BCUT2D eigenvalue weighted by atomic mass is 32.2. The van der Waals surface area contributed by atoms with Gasteiger partial charge in [-0.2, -0.15) is 4.31 Å². The van der Waals surface area contributed by atoms with Gasteiger partial charge in [-0.25, -0.2) is 12.8 Å². The topological polar surface area (TPSA) is 76.3 Å². The molecule has 1 aliphatic rings. The zero-order chi connectivity index (χ0) is 14.1. The maximum atomic E-state index is 13.1. The molecule has 0 aromatic carbocycles. The van der Waals surface area contributed by atoms with Gasteiger partial charge in [0.25, 0.3) is 0 Å². The van der Waals surface area contributed by atoms with Crippen LogP contribution in [0, 0.1) is 5.82 Å². The van der Waals surface area contributed by atoms with Crippen molar-refractivity contribution in [3.8, 4) is 0 Å². The van der Waals surface area contributed by atoms with Gasteiger partial charge in [-0.15, -0.1) is 0 Å². The van der Waals surface area contributed by atoms with Gasteiger partial charge in [-0.05, 0) is 18.9 Å². The summed E-state index contributed by atoms with van der Waals surface area (Å²) in [4.78, 5) is 3.47. The minimum Gasteiger partial charge on any atom is -0.329 e. The fourth-order valence-electron chi connectivity index (χ4n) is 2.63. The van der Waals surface area contributed by atoms with Crippen molar-refractivity contribution < 1.29 is 12.8 Å². The minimum atomic E-state index is -3.76. The Kier molecular flexibility index (Phi) is 3.89. The fraction of sp³-hybridized carbons (Fsp3) is 0.583. The normalized spacial score (nSPS) is 18.9. The second-order valence-electron chi connectivity index (χ2n) is 4.95. The number of nitrogens with two attached hydrogens (primary N) is 1. The maximum Gasteiger partial charge on any atom is 0.245 e. The number of hydrogen-bond acceptors (Lipinski definition) is 4. The van der Waals surface area contributed by atoms with Gasteiger partial charge < -0.3 is 5.73 Å². The molecular formula is C12H18FN3O2S. The third-order valence-electron chi connectivity index (χ3n) is 3.92.